The van der Waals surface area contributed by atoms with Crippen LogP contribution in [0, 0.1) is 0 Å². The molecule has 0 amide bonds. The van der Waals surface area contributed by atoms with Gasteiger partial charge >= 0.3 is 0 Å². The van der Waals surface area contributed by atoms with Gasteiger partial charge in [0.15, 0.2) is 17.0 Å². The predicted octanol–water partition coefficient (Wildman–Crippen LogP) is 2.54. The first kappa shape index (κ1) is 9.27. The average Bonchev–Trinajstić information content (AvgIpc) is 2.59. The summed E-state index contributed by atoms with van der Waals surface area (Å²) in [7, 11) is 3.38. The highest BCUT2D eigenvalue weighted by Crippen LogP contribution is 2.38. The summed E-state index contributed by atoms with van der Waals surface area (Å²) in [5.74, 6) is 1.47. The van der Waals surface area contributed by atoms with Crippen LogP contribution in [-0.4, -0.2) is 19.2 Å². The van der Waals surface area contributed by atoms with Gasteiger partial charge in [0.05, 0.1) is 14.2 Å². The van der Waals surface area contributed by atoms with Crippen LogP contribution in [0.4, 0.5) is 0 Å². The molecule has 14 heavy (non-hydrogen) atoms. The Kier molecular flexibility index (Phi) is 2.29. The summed E-state index contributed by atoms with van der Waals surface area (Å²) in [6.45, 7) is 0. The summed E-state index contributed by atoms with van der Waals surface area (Å²) in [6, 6.07) is 3.97. The van der Waals surface area contributed by atoms with Crippen molar-refractivity contribution in [2.45, 2.75) is 0 Å². The highest BCUT2D eigenvalue weighted by molar-refractivity contribution is 7.33. The van der Waals surface area contributed by atoms with Crippen LogP contribution in [-0.2, 0) is 6.26 Å². The Hall–Kier alpha value is -1.29. The first-order valence-corrected chi connectivity index (χ1v) is 5.91. The third-order valence-corrected chi connectivity index (χ3v) is 3.61. The van der Waals surface area contributed by atoms with Gasteiger partial charge in [-0.25, -0.2) is 0 Å². The Morgan fingerprint density at radius 2 is 2.00 bits per heavy atom. The van der Waals surface area contributed by atoms with Crippen LogP contribution in [0.5, 0.6) is 11.5 Å². The maximum absolute atomic E-state index is 5.29. The number of methoxy groups -OCH3 is 2. The van der Waals surface area contributed by atoms with E-state index in [1.807, 2.05) is 17.6 Å². The SMILES string of the molecule is COc1ccc2c(nc[s+]2C)c1OC. The van der Waals surface area contributed by atoms with Gasteiger partial charge in [0.25, 0.3) is 0 Å². The molecule has 0 N–H and O–H groups in total. The van der Waals surface area contributed by atoms with E-state index in [0.29, 0.717) is 0 Å². The topological polar surface area (TPSA) is 31.4 Å². The Morgan fingerprint density at radius 1 is 1.21 bits per heavy atom. The van der Waals surface area contributed by atoms with E-state index in [1.165, 1.54) is 4.70 Å². The van der Waals surface area contributed by atoms with Gasteiger partial charge in [-0.05, 0) is 6.07 Å². The van der Waals surface area contributed by atoms with Gasteiger partial charge < -0.3 is 9.47 Å². The molecule has 2 rings (SSSR count). The second-order valence-corrected chi connectivity index (χ2v) is 4.71. The second kappa shape index (κ2) is 3.46. The number of nitrogens with zero attached hydrogens (tertiary/aromatic N) is 1. The maximum atomic E-state index is 5.29. The molecule has 4 heteroatoms. The zero-order valence-corrected chi connectivity index (χ0v) is 9.22. The van der Waals surface area contributed by atoms with Crippen LogP contribution < -0.4 is 9.47 Å². The van der Waals surface area contributed by atoms with E-state index >= 15 is 0 Å². The Morgan fingerprint density at radius 3 is 2.64 bits per heavy atom. The van der Waals surface area contributed by atoms with E-state index < -0.39 is 0 Å². The number of benzene rings is 1. The predicted molar refractivity (Wildman–Crippen MR) is 58.3 cm³/mol. The molecular weight excluding hydrogens is 198 g/mol. The quantitative estimate of drug-likeness (QED) is 0.714. The summed E-state index contributed by atoms with van der Waals surface area (Å²) in [5, 5.41) is 0. The first-order chi connectivity index (χ1) is 6.77. The van der Waals surface area contributed by atoms with Crippen molar-refractivity contribution in [3.8, 4) is 11.5 Å². The van der Waals surface area contributed by atoms with Gasteiger partial charge in [-0.1, -0.05) is 0 Å². The number of hydrogen-bond donors (Lipinski definition) is 0. The molecule has 74 valence electrons. The van der Waals surface area contributed by atoms with Crippen LogP contribution >= 0.6 is 10.5 Å². The fourth-order valence-corrected chi connectivity index (χ4v) is 2.57. The second-order valence-electron chi connectivity index (χ2n) is 2.94. The zero-order valence-electron chi connectivity index (χ0n) is 8.40. The average molecular weight is 210 g/mol. The Balaban J connectivity index is 2.77. The van der Waals surface area contributed by atoms with Crippen LogP contribution in [0.25, 0.3) is 10.2 Å². The summed E-state index contributed by atoms with van der Waals surface area (Å²) in [4.78, 5) is 4.34. The summed E-state index contributed by atoms with van der Waals surface area (Å²) in [5.41, 5.74) is 2.87. The number of thiazole rings is 1. The molecule has 0 radical (unpaired) electrons. The number of hydrogen-bond acceptors (Lipinski definition) is 3. The smallest absolute Gasteiger partial charge is 0.230 e. The molecule has 0 saturated carbocycles. The highest BCUT2D eigenvalue weighted by Gasteiger charge is 2.17. The van der Waals surface area contributed by atoms with Crippen LogP contribution in [0.15, 0.2) is 17.6 Å². The van der Waals surface area contributed by atoms with Crippen molar-refractivity contribution in [2.75, 3.05) is 14.2 Å². The molecule has 3 nitrogen and oxygen atoms in total. The molecule has 0 spiro atoms. The minimum absolute atomic E-state index is 0.103. The van der Waals surface area contributed by atoms with Gasteiger partial charge in [-0.3, -0.25) is 0 Å². The van der Waals surface area contributed by atoms with Crippen molar-refractivity contribution < 1.29 is 9.47 Å². The molecule has 1 aromatic heterocycles. The van der Waals surface area contributed by atoms with Gasteiger partial charge in [-0.2, -0.15) is 4.98 Å². The standard InChI is InChI=1S/C10H12NO2S/c1-12-7-4-5-8-9(10(7)13-2)11-6-14(8)3/h4-6H,1-3H3/q+1. The van der Waals surface area contributed by atoms with E-state index in [-0.39, 0.29) is 10.5 Å². The summed E-state index contributed by atoms with van der Waals surface area (Å²) >= 11 is 0. The number of rotatable bonds is 2. The van der Waals surface area contributed by atoms with Crippen molar-refractivity contribution in [3.63, 3.8) is 0 Å². The van der Waals surface area contributed by atoms with E-state index in [9.17, 15) is 0 Å². The van der Waals surface area contributed by atoms with Crippen molar-refractivity contribution in [2.24, 2.45) is 6.26 Å². The fourth-order valence-electron chi connectivity index (χ4n) is 1.46. The zero-order chi connectivity index (χ0) is 10.1. The lowest BCUT2D eigenvalue weighted by Gasteiger charge is -2.05. The van der Waals surface area contributed by atoms with Crippen LogP contribution in [0.1, 0.15) is 0 Å². The summed E-state index contributed by atoms with van der Waals surface area (Å²) < 4.78 is 11.7. The van der Waals surface area contributed by atoms with E-state index in [4.69, 9.17) is 9.47 Å². The number of aromatic nitrogens is 1. The molecule has 0 saturated heterocycles. The van der Waals surface area contributed by atoms with E-state index in [1.54, 1.807) is 14.2 Å². The number of fused-ring (bicyclic) bond motifs is 1. The molecule has 0 aliphatic rings. The van der Waals surface area contributed by atoms with Crippen molar-refractivity contribution in [1.29, 1.82) is 0 Å². The minimum atomic E-state index is 0.103. The normalized spacial score (nSPS) is 11.8. The van der Waals surface area contributed by atoms with E-state index in [2.05, 4.69) is 11.2 Å². The third-order valence-electron chi connectivity index (χ3n) is 2.17. The molecule has 0 aliphatic heterocycles. The molecule has 1 unspecified atom stereocenters. The van der Waals surface area contributed by atoms with Gasteiger partial charge in [-0.15, -0.1) is 0 Å². The number of ether oxygens (including phenoxy) is 2. The van der Waals surface area contributed by atoms with Gasteiger partial charge in [0, 0.05) is 16.5 Å². The molecule has 2 aromatic rings. The van der Waals surface area contributed by atoms with Gasteiger partial charge in [0.1, 0.15) is 6.26 Å². The molecule has 0 bridgehead atoms. The van der Waals surface area contributed by atoms with Crippen molar-refractivity contribution in [3.05, 3.63) is 17.6 Å². The minimum Gasteiger partial charge on any atom is -0.493 e. The van der Waals surface area contributed by atoms with Crippen LogP contribution in [0.3, 0.4) is 0 Å². The van der Waals surface area contributed by atoms with Gasteiger partial charge in [0.2, 0.25) is 10.2 Å². The number of aryl methyl sites for hydroxylation is 1. The lowest BCUT2D eigenvalue weighted by molar-refractivity contribution is 0.358. The van der Waals surface area contributed by atoms with Crippen molar-refractivity contribution in [1.82, 2.24) is 4.98 Å². The Labute approximate surface area is 85.3 Å². The lowest BCUT2D eigenvalue weighted by atomic mass is 10.3. The Bertz CT molecular complexity index is 464. The highest BCUT2D eigenvalue weighted by atomic mass is 32.2. The molecule has 1 atom stereocenters. The largest absolute Gasteiger partial charge is 0.493 e. The molecular formula is C10H12NO2S+. The van der Waals surface area contributed by atoms with Crippen molar-refractivity contribution >= 4 is 20.7 Å². The first-order valence-electron chi connectivity index (χ1n) is 4.22. The molecule has 1 aromatic carbocycles. The lowest BCUT2D eigenvalue weighted by Crippen LogP contribution is -1.90. The molecule has 0 aliphatic carbocycles. The maximum Gasteiger partial charge on any atom is 0.230 e. The fraction of sp³-hybridized carbons (Fsp3) is 0.300. The molecule has 1 heterocycles. The van der Waals surface area contributed by atoms with E-state index in [0.717, 1.165) is 17.0 Å². The van der Waals surface area contributed by atoms with Crippen LogP contribution in [0.2, 0.25) is 0 Å². The third kappa shape index (κ3) is 1.23. The summed E-state index contributed by atoms with van der Waals surface area (Å²) in [6.07, 6.45) is 2.14. The monoisotopic (exact) mass is 210 g/mol. The molecule has 0 fully saturated rings.